The molecule has 4 aliphatic rings. The molecule has 1 aromatic rings. The van der Waals surface area contributed by atoms with E-state index < -0.39 is 64.7 Å². The molecule has 1 aromatic carbocycles. The molecule has 1 saturated heterocycles. The molecule has 0 unspecified atom stereocenters. The van der Waals surface area contributed by atoms with Crippen LogP contribution in [0.15, 0.2) is 52.6 Å². The summed E-state index contributed by atoms with van der Waals surface area (Å²) in [7, 11) is 1.07. The van der Waals surface area contributed by atoms with Gasteiger partial charge in [0.15, 0.2) is 23.1 Å². The van der Waals surface area contributed by atoms with Crippen molar-refractivity contribution in [2.45, 2.75) is 25.7 Å². The third-order valence-corrected chi connectivity index (χ3v) is 7.25. The molecule has 0 radical (unpaired) electrons. The molecular formula is C25H20FNO7. The number of allylic oxidation sites excluding steroid dienone is 6. The second-order valence-electron chi connectivity index (χ2n) is 8.89. The largest absolute Gasteiger partial charge is 0.505 e. The Morgan fingerprint density at radius 2 is 1.88 bits per heavy atom. The van der Waals surface area contributed by atoms with Gasteiger partial charge in [0.25, 0.3) is 0 Å². The number of Topliss-reactive ketones (excluding diaryl/α,β-unsaturated/α-hetero) is 1. The highest BCUT2D eigenvalue weighted by Gasteiger charge is 2.58. The molecule has 1 fully saturated rings. The average Bonchev–Trinajstić information content (AvgIpc) is 3.07. The van der Waals surface area contributed by atoms with Crippen LogP contribution in [0.5, 0.6) is 5.75 Å². The molecule has 174 valence electrons. The van der Waals surface area contributed by atoms with Crippen LogP contribution in [0.1, 0.15) is 31.2 Å². The number of aromatic hydroxyl groups is 1. The summed E-state index contributed by atoms with van der Waals surface area (Å²) >= 11 is 0. The van der Waals surface area contributed by atoms with Gasteiger partial charge in [0, 0.05) is 28.2 Å². The van der Waals surface area contributed by atoms with E-state index in [0.29, 0.717) is 10.5 Å². The van der Waals surface area contributed by atoms with Crippen LogP contribution in [0.4, 0.5) is 9.18 Å². The van der Waals surface area contributed by atoms with Crippen LogP contribution in [0.2, 0.25) is 0 Å². The summed E-state index contributed by atoms with van der Waals surface area (Å²) in [6, 6.07) is 3.93. The van der Waals surface area contributed by atoms with Crippen LogP contribution in [0.3, 0.4) is 0 Å². The number of rotatable bonds is 1. The third kappa shape index (κ3) is 2.85. The minimum absolute atomic E-state index is 0.0112. The Morgan fingerprint density at radius 3 is 2.59 bits per heavy atom. The van der Waals surface area contributed by atoms with Gasteiger partial charge in [-0.3, -0.25) is 19.2 Å². The zero-order valence-corrected chi connectivity index (χ0v) is 18.3. The summed E-state index contributed by atoms with van der Waals surface area (Å²) in [6.07, 6.45) is 1.98. The number of ether oxygens (including phenoxy) is 1. The first kappa shape index (κ1) is 21.9. The van der Waals surface area contributed by atoms with Crippen molar-refractivity contribution in [1.29, 1.82) is 0 Å². The number of hydrogen-bond acceptors (Lipinski definition) is 7. The van der Waals surface area contributed by atoms with Gasteiger partial charge in [-0.15, -0.1) is 0 Å². The van der Waals surface area contributed by atoms with E-state index in [0.717, 1.165) is 13.2 Å². The Morgan fingerprint density at radius 1 is 1.15 bits per heavy atom. The predicted molar refractivity (Wildman–Crippen MR) is 114 cm³/mol. The van der Waals surface area contributed by atoms with Crippen molar-refractivity contribution in [3.05, 3.63) is 64.0 Å². The zero-order chi connectivity index (χ0) is 24.5. The summed E-state index contributed by atoms with van der Waals surface area (Å²) in [5, 5.41) is 10.6. The molecule has 0 spiro atoms. The third-order valence-electron chi connectivity index (χ3n) is 7.25. The second-order valence-corrected chi connectivity index (χ2v) is 8.89. The molecule has 8 nitrogen and oxygen atoms in total. The van der Waals surface area contributed by atoms with Gasteiger partial charge >= 0.3 is 6.09 Å². The zero-order valence-electron chi connectivity index (χ0n) is 18.3. The summed E-state index contributed by atoms with van der Waals surface area (Å²) in [5.41, 5.74) is 1.18. The lowest BCUT2D eigenvalue weighted by atomic mass is 9.59. The lowest BCUT2D eigenvalue weighted by Gasteiger charge is -2.42. The smallest absolute Gasteiger partial charge is 0.423 e. The van der Waals surface area contributed by atoms with Crippen molar-refractivity contribution in [2.24, 2.45) is 17.8 Å². The fraction of sp³-hybridized carbons (Fsp3) is 0.320. The topological polar surface area (TPSA) is 118 Å². The van der Waals surface area contributed by atoms with E-state index in [1.165, 1.54) is 25.1 Å². The van der Waals surface area contributed by atoms with Crippen LogP contribution < -0.4 is 0 Å². The SMILES string of the molecule is COC(=O)N1C(=O)[C@H]2[C@H](CC=C3[C@H](c4cccc(F)c4O)C4=C(C[C@H]32)C(=O)C=C(C)C4=O)C1=O. The first-order chi connectivity index (χ1) is 16.2. The normalized spacial score (nSPS) is 28.3. The lowest BCUT2D eigenvalue weighted by Crippen LogP contribution is -2.40. The monoisotopic (exact) mass is 465 g/mol. The number of para-hydroxylation sites is 1. The van der Waals surface area contributed by atoms with E-state index in [1.807, 2.05) is 0 Å². The van der Waals surface area contributed by atoms with Crippen LogP contribution in [0, 0.1) is 23.6 Å². The van der Waals surface area contributed by atoms with Gasteiger partial charge in [-0.05, 0) is 37.8 Å². The summed E-state index contributed by atoms with van der Waals surface area (Å²) in [6.45, 7) is 1.51. The maximum Gasteiger partial charge on any atom is 0.423 e. The Balaban J connectivity index is 1.70. The minimum atomic E-state index is -1.08. The number of amides is 3. The number of phenols is 1. The number of benzene rings is 1. The highest BCUT2D eigenvalue weighted by Crippen LogP contribution is 2.56. The first-order valence-electron chi connectivity index (χ1n) is 10.8. The van der Waals surface area contributed by atoms with Gasteiger partial charge in [0.05, 0.1) is 18.9 Å². The molecule has 1 N–H and O–H groups in total. The van der Waals surface area contributed by atoms with E-state index >= 15 is 0 Å². The van der Waals surface area contributed by atoms with E-state index in [4.69, 9.17) is 0 Å². The summed E-state index contributed by atoms with van der Waals surface area (Å²) in [4.78, 5) is 64.9. The van der Waals surface area contributed by atoms with E-state index in [9.17, 15) is 33.5 Å². The van der Waals surface area contributed by atoms with Crippen LogP contribution in [-0.4, -0.2) is 46.6 Å². The number of ketones is 2. The number of fused-ring (bicyclic) bond motifs is 3. The van der Waals surface area contributed by atoms with Crippen molar-refractivity contribution < 1.29 is 38.2 Å². The molecule has 34 heavy (non-hydrogen) atoms. The number of halogens is 1. The lowest BCUT2D eigenvalue weighted by molar-refractivity contribution is -0.137. The van der Waals surface area contributed by atoms with Gasteiger partial charge < -0.3 is 9.84 Å². The Labute approximate surface area is 193 Å². The second kappa shape index (κ2) is 7.58. The Kier molecular flexibility index (Phi) is 4.89. The highest BCUT2D eigenvalue weighted by molar-refractivity contribution is 6.24. The standard InChI is InChI=1S/C25H20FNO7/c1-10-8-17(28)15-9-14-11(6-7-13-19(14)24(32)27(23(13)31)25(33)34-2)18(20(15)21(10)29)12-4-3-5-16(26)22(12)30/h3-6,8,13-14,18-19,30H,7,9H2,1-2H3/t13-,14+,18+,19-/m0/s1. The average molecular weight is 465 g/mol. The number of likely N-dealkylation sites (tertiary alicyclic amines) is 1. The molecule has 9 heteroatoms. The molecular weight excluding hydrogens is 445 g/mol. The van der Waals surface area contributed by atoms with Crippen LogP contribution in [0.25, 0.3) is 0 Å². The van der Waals surface area contributed by atoms with E-state index in [2.05, 4.69) is 4.74 Å². The van der Waals surface area contributed by atoms with Gasteiger partial charge in [0.2, 0.25) is 11.8 Å². The van der Waals surface area contributed by atoms with Crippen LogP contribution >= 0.6 is 0 Å². The molecule has 0 bridgehead atoms. The Bertz CT molecular complexity index is 1300. The van der Waals surface area contributed by atoms with Crippen LogP contribution in [-0.2, 0) is 23.9 Å². The van der Waals surface area contributed by atoms with E-state index in [1.54, 1.807) is 6.08 Å². The number of carbonyl (C=O) groups excluding carboxylic acids is 5. The number of nitrogens with zero attached hydrogens (tertiary/aromatic N) is 1. The maximum atomic E-state index is 14.3. The van der Waals surface area contributed by atoms with Crippen molar-refractivity contribution in [3.63, 3.8) is 0 Å². The molecule has 0 aromatic heterocycles. The summed E-state index contributed by atoms with van der Waals surface area (Å²) in [5.74, 6) is -7.19. The number of methoxy groups -OCH3 is 1. The fourth-order valence-corrected chi connectivity index (χ4v) is 5.75. The van der Waals surface area contributed by atoms with E-state index in [-0.39, 0.29) is 35.1 Å². The molecule has 3 aliphatic carbocycles. The number of hydrogen-bond donors (Lipinski definition) is 1. The van der Waals surface area contributed by atoms with Gasteiger partial charge in [0.1, 0.15) is 0 Å². The minimum Gasteiger partial charge on any atom is -0.505 e. The molecule has 1 heterocycles. The summed E-state index contributed by atoms with van der Waals surface area (Å²) < 4.78 is 18.9. The highest BCUT2D eigenvalue weighted by atomic mass is 19.1. The molecule has 0 saturated carbocycles. The molecule has 4 atom stereocenters. The quantitative estimate of drug-likeness (QED) is 0.385. The van der Waals surface area contributed by atoms with Crippen molar-refractivity contribution in [2.75, 3.05) is 7.11 Å². The first-order valence-corrected chi connectivity index (χ1v) is 10.8. The fourth-order valence-electron chi connectivity index (χ4n) is 5.75. The number of carbonyl (C=O) groups is 5. The molecule has 1 aliphatic heterocycles. The van der Waals surface area contributed by atoms with Crippen molar-refractivity contribution >= 4 is 29.5 Å². The van der Waals surface area contributed by atoms with Gasteiger partial charge in [-0.1, -0.05) is 23.8 Å². The predicted octanol–water partition coefficient (Wildman–Crippen LogP) is 2.73. The van der Waals surface area contributed by atoms with Gasteiger partial charge in [-0.25, -0.2) is 9.18 Å². The number of imide groups is 3. The van der Waals surface area contributed by atoms with Crippen molar-refractivity contribution in [1.82, 2.24) is 4.90 Å². The van der Waals surface area contributed by atoms with Gasteiger partial charge in [-0.2, -0.15) is 4.90 Å². The Hall–Kier alpha value is -3.88. The molecule has 3 amide bonds. The maximum absolute atomic E-state index is 14.3. The van der Waals surface area contributed by atoms with Crippen molar-refractivity contribution in [3.8, 4) is 5.75 Å². The number of phenolic OH excluding ortho intramolecular Hbond substituents is 1. The molecule has 5 rings (SSSR count).